The van der Waals surface area contributed by atoms with Crippen molar-refractivity contribution in [2.45, 2.75) is 13.8 Å². The molecule has 0 unspecified atom stereocenters. The Balaban J connectivity index is 0.000001000. The Kier molecular flexibility index (Phi) is 1.86. The molecule has 0 heterocycles. The number of aldehydes is 1. The molecule has 1 heteroatoms. The molecule has 0 N–H and O–H groups in total. The highest BCUT2D eigenvalue weighted by Crippen LogP contribution is 2.07. The Bertz CT molecular complexity index is 256. The van der Waals surface area contributed by atoms with Crippen LogP contribution in [0.3, 0.4) is 0 Å². The van der Waals surface area contributed by atoms with E-state index in [1.54, 1.807) is 0 Å². The van der Waals surface area contributed by atoms with Gasteiger partial charge in [0.1, 0.15) is 6.29 Å². The first-order valence-electron chi connectivity index (χ1n) is 3.26. The van der Waals surface area contributed by atoms with Crippen LogP contribution < -0.4 is 0 Å². The molecule has 1 nitrogen and oxygen atoms in total. The fourth-order valence-electron chi connectivity index (χ4n) is 0.887. The lowest BCUT2D eigenvalue weighted by Crippen LogP contribution is -1.85. The van der Waals surface area contributed by atoms with Crippen LogP contribution in [-0.2, 0) is 0 Å². The van der Waals surface area contributed by atoms with E-state index < -0.39 is 0 Å². The molecule has 0 amide bonds. The standard InChI is InChI=1S/C9H10O/c1-7-3-4-8(2)9(5-7)6-10/h3-6H,1-2H3/p+1. The molecule has 0 radical (unpaired) electrons. The maximum absolute atomic E-state index is 10.4. The summed E-state index contributed by atoms with van der Waals surface area (Å²) >= 11 is 0. The van der Waals surface area contributed by atoms with Crippen LogP contribution in [0.1, 0.15) is 22.9 Å². The van der Waals surface area contributed by atoms with Crippen molar-refractivity contribution < 1.29 is 6.22 Å². The summed E-state index contributed by atoms with van der Waals surface area (Å²) in [5.41, 5.74) is 2.97. The number of carbonyl (C=O) groups is 1. The normalized spacial score (nSPS) is 9.40. The van der Waals surface area contributed by atoms with Gasteiger partial charge < -0.3 is 0 Å². The molecule has 52 valence electrons. The van der Waals surface area contributed by atoms with Crippen molar-refractivity contribution in [2.24, 2.45) is 0 Å². The Morgan fingerprint density at radius 1 is 1.40 bits per heavy atom. The Hall–Kier alpha value is -1.11. The van der Waals surface area contributed by atoms with Crippen molar-refractivity contribution >= 4 is 6.29 Å². The van der Waals surface area contributed by atoms with E-state index in [4.69, 9.17) is 0 Å². The van der Waals surface area contributed by atoms with E-state index in [1.807, 2.05) is 32.0 Å². The summed E-state index contributed by atoms with van der Waals surface area (Å²) in [7, 11) is 0. The first kappa shape index (κ1) is 7.00. The molecule has 0 aromatic heterocycles. The van der Waals surface area contributed by atoms with Crippen LogP contribution in [0.5, 0.6) is 0 Å². The maximum atomic E-state index is 10.4. The highest BCUT2D eigenvalue weighted by Gasteiger charge is 1.94. The average molecular weight is 135 g/mol. The molecule has 0 fully saturated rings. The molecule has 0 aliphatic rings. The summed E-state index contributed by atoms with van der Waals surface area (Å²) in [5, 5.41) is 0. The summed E-state index contributed by atoms with van der Waals surface area (Å²) in [6.07, 6.45) is 0.891. The largest absolute Gasteiger partial charge is 1.00 e. The second kappa shape index (κ2) is 2.65. The van der Waals surface area contributed by atoms with E-state index in [0.717, 1.165) is 23.0 Å². The molecule has 0 aliphatic carbocycles. The molecular weight excluding hydrogens is 124 g/mol. The van der Waals surface area contributed by atoms with Crippen molar-refractivity contribution in [1.29, 1.82) is 0 Å². The van der Waals surface area contributed by atoms with Gasteiger partial charge in [0.15, 0.2) is 0 Å². The topological polar surface area (TPSA) is 17.1 Å². The lowest BCUT2D eigenvalue weighted by Gasteiger charge is -1.97. The number of aryl methyl sites for hydroxylation is 2. The third-order valence-electron chi connectivity index (χ3n) is 1.56. The van der Waals surface area contributed by atoms with Crippen molar-refractivity contribution in [3.8, 4) is 0 Å². The quantitative estimate of drug-likeness (QED) is 0.540. The predicted molar refractivity (Wildman–Crippen MR) is 42.4 cm³/mol. The van der Waals surface area contributed by atoms with Gasteiger partial charge in [0.05, 0.1) is 0 Å². The Labute approximate surface area is 62.2 Å². The number of hydrogen-bond donors (Lipinski definition) is 0. The summed E-state index contributed by atoms with van der Waals surface area (Å²) in [4.78, 5) is 10.4. The summed E-state index contributed by atoms with van der Waals surface area (Å²) in [6, 6.07) is 5.85. The molecule has 0 aliphatic heterocycles. The molecule has 0 saturated heterocycles. The third-order valence-corrected chi connectivity index (χ3v) is 1.56. The van der Waals surface area contributed by atoms with Gasteiger partial charge in [0.25, 0.3) is 0 Å². The minimum Gasteiger partial charge on any atom is -0.298 e. The minimum absolute atomic E-state index is 0. The lowest BCUT2D eigenvalue weighted by atomic mass is 10.1. The Morgan fingerprint density at radius 3 is 2.60 bits per heavy atom. The van der Waals surface area contributed by atoms with Gasteiger partial charge in [0, 0.05) is 5.56 Å². The smallest absolute Gasteiger partial charge is 0.298 e. The van der Waals surface area contributed by atoms with Crippen LogP contribution in [0.15, 0.2) is 18.2 Å². The van der Waals surface area contributed by atoms with Crippen LogP contribution in [0.2, 0.25) is 0 Å². The molecule has 0 bridgehead atoms. The van der Waals surface area contributed by atoms with Gasteiger partial charge in [0.2, 0.25) is 0 Å². The van der Waals surface area contributed by atoms with Gasteiger partial charge in [-0.15, -0.1) is 0 Å². The maximum Gasteiger partial charge on any atom is 1.00 e. The number of benzene rings is 1. The van der Waals surface area contributed by atoms with E-state index in [1.165, 1.54) is 0 Å². The van der Waals surface area contributed by atoms with Crippen LogP contribution in [0.4, 0.5) is 0 Å². The third kappa shape index (κ3) is 1.24. The minimum atomic E-state index is 0. The second-order valence-corrected chi connectivity index (χ2v) is 2.48. The molecule has 0 atom stereocenters. The van der Waals surface area contributed by atoms with Crippen molar-refractivity contribution in [2.75, 3.05) is 0 Å². The van der Waals surface area contributed by atoms with Gasteiger partial charge in [-0.2, -0.15) is 0 Å². The molecule has 1 aromatic rings. The molecule has 1 rings (SSSR count). The fourth-order valence-corrected chi connectivity index (χ4v) is 0.887. The van der Waals surface area contributed by atoms with Gasteiger partial charge in [-0.3, -0.25) is 4.79 Å². The highest BCUT2D eigenvalue weighted by molar-refractivity contribution is 5.77. The van der Waals surface area contributed by atoms with Gasteiger partial charge in [-0.1, -0.05) is 17.7 Å². The van der Waals surface area contributed by atoms with E-state index in [-0.39, 0.29) is 1.43 Å². The lowest BCUT2D eigenvalue weighted by molar-refractivity contribution is 0.112. The number of rotatable bonds is 1. The van der Waals surface area contributed by atoms with E-state index in [2.05, 4.69) is 0 Å². The first-order chi connectivity index (χ1) is 4.74. The number of hydrogen-bond acceptors (Lipinski definition) is 1. The zero-order chi connectivity index (χ0) is 7.56. The van der Waals surface area contributed by atoms with Crippen LogP contribution >= 0.6 is 0 Å². The predicted octanol–water partition coefficient (Wildman–Crippen LogP) is 2.23. The van der Waals surface area contributed by atoms with Crippen molar-refractivity contribution in [1.82, 2.24) is 0 Å². The van der Waals surface area contributed by atoms with Crippen molar-refractivity contribution in [3.63, 3.8) is 0 Å². The van der Waals surface area contributed by atoms with Crippen LogP contribution in [0, 0.1) is 13.8 Å². The summed E-state index contributed by atoms with van der Waals surface area (Å²) in [5.74, 6) is 0. The number of carbonyl (C=O) groups excluding carboxylic acids is 1. The van der Waals surface area contributed by atoms with Crippen molar-refractivity contribution in [3.05, 3.63) is 34.9 Å². The van der Waals surface area contributed by atoms with E-state index in [9.17, 15) is 4.79 Å². The van der Waals surface area contributed by atoms with Crippen LogP contribution in [0.25, 0.3) is 0 Å². The van der Waals surface area contributed by atoms with E-state index >= 15 is 0 Å². The SMILES string of the molecule is Cc1ccc(C)c(C=O)c1.[H+]. The van der Waals surface area contributed by atoms with Gasteiger partial charge in [-0.05, 0) is 25.5 Å². The molecule has 0 spiro atoms. The molecule has 10 heavy (non-hydrogen) atoms. The summed E-state index contributed by atoms with van der Waals surface area (Å²) in [6.45, 7) is 3.91. The molecular formula is C9H11O+. The second-order valence-electron chi connectivity index (χ2n) is 2.48. The fraction of sp³-hybridized carbons (Fsp3) is 0.222. The van der Waals surface area contributed by atoms with Gasteiger partial charge in [-0.25, -0.2) is 0 Å². The van der Waals surface area contributed by atoms with Gasteiger partial charge >= 0.3 is 1.43 Å². The first-order valence-corrected chi connectivity index (χ1v) is 3.26. The zero-order valence-corrected chi connectivity index (χ0v) is 6.22. The monoisotopic (exact) mass is 135 g/mol. The molecule has 1 aromatic carbocycles. The average Bonchev–Trinajstić information content (AvgIpc) is 1.94. The summed E-state index contributed by atoms with van der Waals surface area (Å²) < 4.78 is 0. The van der Waals surface area contributed by atoms with Crippen LogP contribution in [-0.4, -0.2) is 6.29 Å². The highest BCUT2D eigenvalue weighted by atomic mass is 16.1. The van der Waals surface area contributed by atoms with E-state index in [0.29, 0.717) is 0 Å². The zero-order valence-electron chi connectivity index (χ0n) is 7.22. The molecule has 0 saturated carbocycles. The Morgan fingerprint density at radius 2 is 2.10 bits per heavy atom.